The van der Waals surface area contributed by atoms with Crippen molar-refractivity contribution in [1.29, 1.82) is 0 Å². The first-order valence-corrected chi connectivity index (χ1v) is 5.73. The van der Waals surface area contributed by atoms with E-state index < -0.39 is 0 Å². The van der Waals surface area contributed by atoms with Gasteiger partial charge in [-0.25, -0.2) is 0 Å². The Morgan fingerprint density at radius 1 is 1.57 bits per heavy atom. The van der Waals surface area contributed by atoms with Gasteiger partial charge < -0.3 is 15.2 Å². The lowest BCUT2D eigenvalue weighted by atomic mass is 10.2. The molecule has 0 bridgehead atoms. The number of rotatable bonds is 7. The Hall–Kier alpha value is -0.420. The molecule has 14 heavy (non-hydrogen) atoms. The average Bonchev–Trinajstić information content (AvgIpc) is 2.70. The van der Waals surface area contributed by atoms with Gasteiger partial charge in [-0.05, 0) is 29.3 Å². The van der Waals surface area contributed by atoms with Crippen LogP contribution in [-0.4, -0.2) is 31.5 Å². The van der Waals surface area contributed by atoms with E-state index in [1.54, 1.807) is 11.3 Å². The fourth-order valence-electron chi connectivity index (χ4n) is 1.15. The number of hydrogen-bond acceptors (Lipinski definition) is 4. The highest BCUT2D eigenvalue weighted by molar-refractivity contribution is 7.07. The first-order chi connectivity index (χ1) is 6.84. The summed E-state index contributed by atoms with van der Waals surface area (Å²) in [6.45, 7) is 4.12. The summed E-state index contributed by atoms with van der Waals surface area (Å²) in [5.74, 6) is 0. The molecule has 0 aliphatic heterocycles. The molecule has 1 unspecified atom stereocenters. The van der Waals surface area contributed by atoms with Crippen LogP contribution in [0.25, 0.3) is 0 Å². The van der Waals surface area contributed by atoms with Crippen LogP contribution in [0.15, 0.2) is 16.8 Å². The van der Waals surface area contributed by atoms with Gasteiger partial charge in [-0.1, -0.05) is 0 Å². The lowest BCUT2D eigenvalue weighted by Crippen LogP contribution is -2.23. The molecule has 1 aromatic rings. The molecular weight excluding hydrogens is 198 g/mol. The molecule has 0 saturated carbocycles. The fraction of sp³-hybridized carbons (Fsp3) is 0.600. The third-order valence-corrected chi connectivity index (χ3v) is 2.68. The SMILES string of the molecule is CC(NCCOCCO)c1ccsc1. The molecular formula is C10H17NO2S. The van der Waals surface area contributed by atoms with Crippen LogP contribution in [0.1, 0.15) is 18.5 Å². The minimum absolute atomic E-state index is 0.0973. The van der Waals surface area contributed by atoms with Crippen molar-refractivity contribution < 1.29 is 9.84 Å². The highest BCUT2D eigenvalue weighted by Gasteiger charge is 2.03. The fourth-order valence-corrected chi connectivity index (χ4v) is 1.91. The van der Waals surface area contributed by atoms with Crippen molar-refractivity contribution in [2.45, 2.75) is 13.0 Å². The molecule has 0 amide bonds. The lowest BCUT2D eigenvalue weighted by Gasteiger charge is -2.12. The van der Waals surface area contributed by atoms with Crippen molar-refractivity contribution in [3.05, 3.63) is 22.4 Å². The van der Waals surface area contributed by atoms with Crippen LogP contribution in [0.2, 0.25) is 0 Å². The summed E-state index contributed by atoms with van der Waals surface area (Å²) in [6, 6.07) is 2.50. The van der Waals surface area contributed by atoms with Gasteiger partial charge in [-0.3, -0.25) is 0 Å². The molecule has 0 aromatic carbocycles. The van der Waals surface area contributed by atoms with Gasteiger partial charge in [0.15, 0.2) is 0 Å². The van der Waals surface area contributed by atoms with Crippen molar-refractivity contribution in [3.63, 3.8) is 0 Å². The highest BCUT2D eigenvalue weighted by atomic mass is 32.1. The van der Waals surface area contributed by atoms with Crippen LogP contribution in [-0.2, 0) is 4.74 Å². The molecule has 0 saturated heterocycles. The molecule has 0 aliphatic carbocycles. The van der Waals surface area contributed by atoms with Gasteiger partial charge in [0.1, 0.15) is 0 Å². The van der Waals surface area contributed by atoms with Gasteiger partial charge in [-0.2, -0.15) is 11.3 Å². The quantitative estimate of drug-likeness (QED) is 0.676. The Bertz CT molecular complexity index is 226. The van der Waals surface area contributed by atoms with Crippen molar-refractivity contribution >= 4 is 11.3 Å². The second kappa shape index (κ2) is 6.95. The maximum absolute atomic E-state index is 8.48. The van der Waals surface area contributed by atoms with Crippen LogP contribution >= 0.6 is 11.3 Å². The maximum Gasteiger partial charge on any atom is 0.0698 e. The topological polar surface area (TPSA) is 41.5 Å². The van der Waals surface area contributed by atoms with E-state index in [2.05, 4.69) is 29.1 Å². The Morgan fingerprint density at radius 2 is 2.43 bits per heavy atom. The molecule has 0 spiro atoms. The molecule has 0 radical (unpaired) electrons. The first-order valence-electron chi connectivity index (χ1n) is 4.78. The molecule has 4 heteroatoms. The van der Waals surface area contributed by atoms with Crippen LogP contribution in [0.5, 0.6) is 0 Å². The highest BCUT2D eigenvalue weighted by Crippen LogP contribution is 2.14. The smallest absolute Gasteiger partial charge is 0.0698 e. The third kappa shape index (κ3) is 4.19. The summed E-state index contributed by atoms with van der Waals surface area (Å²) in [5.41, 5.74) is 1.32. The summed E-state index contributed by atoms with van der Waals surface area (Å²) in [5, 5.41) is 16.0. The van der Waals surface area contributed by atoms with Gasteiger partial charge in [0.2, 0.25) is 0 Å². The van der Waals surface area contributed by atoms with Crippen molar-refractivity contribution in [2.75, 3.05) is 26.4 Å². The predicted molar refractivity (Wildman–Crippen MR) is 58.6 cm³/mol. The van der Waals surface area contributed by atoms with Gasteiger partial charge in [0.25, 0.3) is 0 Å². The maximum atomic E-state index is 8.48. The van der Waals surface area contributed by atoms with Crippen molar-refractivity contribution in [1.82, 2.24) is 5.32 Å². The minimum atomic E-state index is 0.0973. The molecule has 1 heterocycles. The van der Waals surface area contributed by atoms with Crippen molar-refractivity contribution in [2.24, 2.45) is 0 Å². The first kappa shape index (κ1) is 11.7. The largest absolute Gasteiger partial charge is 0.394 e. The van der Waals surface area contributed by atoms with Crippen LogP contribution in [0, 0.1) is 0 Å². The third-order valence-electron chi connectivity index (χ3n) is 1.98. The molecule has 3 nitrogen and oxygen atoms in total. The molecule has 1 rings (SSSR count). The van der Waals surface area contributed by atoms with E-state index in [9.17, 15) is 0 Å². The van der Waals surface area contributed by atoms with E-state index in [0.717, 1.165) is 6.54 Å². The number of aliphatic hydroxyl groups is 1. The van der Waals surface area contributed by atoms with Gasteiger partial charge in [-0.15, -0.1) is 0 Å². The zero-order chi connectivity index (χ0) is 10.2. The number of thiophene rings is 1. The number of nitrogens with one attached hydrogen (secondary N) is 1. The lowest BCUT2D eigenvalue weighted by molar-refractivity contribution is 0.0928. The van der Waals surface area contributed by atoms with E-state index in [1.807, 2.05) is 0 Å². The Labute approximate surface area is 88.7 Å². The van der Waals surface area contributed by atoms with E-state index in [1.165, 1.54) is 5.56 Å². The van der Waals surface area contributed by atoms with Gasteiger partial charge in [0.05, 0.1) is 19.8 Å². The molecule has 1 aromatic heterocycles. The molecule has 1 atom stereocenters. The second-order valence-corrected chi connectivity index (χ2v) is 3.85. The monoisotopic (exact) mass is 215 g/mol. The van der Waals surface area contributed by atoms with Gasteiger partial charge >= 0.3 is 0 Å². The van der Waals surface area contributed by atoms with Crippen LogP contribution in [0.3, 0.4) is 0 Å². The van der Waals surface area contributed by atoms with E-state index >= 15 is 0 Å². The zero-order valence-electron chi connectivity index (χ0n) is 8.40. The number of ether oxygens (including phenoxy) is 1. The average molecular weight is 215 g/mol. The summed E-state index contributed by atoms with van der Waals surface area (Å²) in [6.07, 6.45) is 0. The summed E-state index contributed by atoms with van der Waals surface area (Å²) in [4.78, 5) is 0. The number of aliphatic hydroxyl groups excluding tert-OH is 1. The summed E-state index contributed by atoms with van der Waals surface area (Å²) < 4.78 is 5.14. The summed E-state index contributed by atoms with van der Waals surface area (Å²) >= 11 is 1.71. The molecule has 2 N–H and O–H groups in total. The summed E-state index contributed by atoms with van der Waals surface area (Å²) in [7, 11) is 0. The molecule has 0 aliphatic rings. The Kier molecular flexibility index (Phi) is 5.78. The van der Waals surface area contributed by atoms with E-state index in [-0.39, 0.29) is 6.61 Å². The normalized spacial score (nSPS) is 13.0. The molecule has 80 valence electrons. The standard InChI is InChI=1S/C10H17NO2S/c1-9(10-2-7-14-8-10)11-3-5-13-6-4-12/h2,7-9,11-12H,3-6H2,1H3. The van der Waals surface area contributed by atoms with Crippen molar-refractivity contribution in [3.8, 4) is 0 Å². The van der Waals surface area contributed by atoms with E-state index in [0.29, 0.717) is 19.3 Å². The zero-order valence-corrected chi connectivity index (χ0v) is 9.22. The van der Waals surface area contributed by atoms with Crippen LogP contribution in [0.4, 0.5) is 0 Å². The second-order valence-electron chi connectivity index (χ2n) is 3.07. The van der Waals surface area contributed by atoms with Gasteiger partial charge in [0, 0.05) is 12.6 Å². The van der Waals surface area contributed by atoms with Crippen LogP contribution < -0.4 is 5.32 Å². The number of hydrogen-bond donors (Lipinski definition) is 2. The molecule has 0 fully saturated rings. The minimum Gasteiger partial charge on any atom is -0.394 e. The van der Waals surface area contributed by atoms with E-state index in [4.69, 9.17) is 9.84 Å². The Morgan fingerprint density at radius 3 is 3.07 bits per heavy atom. The Balaban J connectivity index is 2.07. The predicted octanol–water partition coefficient (Wildman–Crippen LogP) is 1.41.